The smallest absolute Gasteiger partial charge is 0.249 e. The van der Waals surface area contributed by atoms with Gasteiger partial charge in [-0.15, -0.1) is 0 Å². The zero-order valence-electron chi connectivity index (χ0n) is 13.6. The number of ketones is 1. The van der Waals surface area contributed by atoms with Crippen molar-refractivity contribution in [3.8, 4) is 11.8 Å². The first-order chi connectivity index (χ1) is 11.5. The fraction of sp³-hybridized carbons (Fsp3) is 0.294. The number of nitrogens with zero attached hydrogens (tertiary/aromatic N) is 2. The minimum atomic E-state index is -1.41. The van der Waals surface area contributed by atoms with Gasteiger partial charge < -0.3 is 14.6 Å². The summed E-state index contributed by atoms with van der Waals surface area (Å²) >= 11 is 0. The van der Waals surface area contributed by atoms with Crippen LogP contribution < -0.4 is 10.1 Å². The number of amides is 1. The van der Waals surface area contributed by atoms with Gasteiger partial charge >= 0.3 is 0 Å². The summed E-state index contributed by atoms with van der Waals surface area (Å²) in [5.41, 5.74) is 1.63. The molecular weight excluding hydrogens is 310 g/mol. The van der Waals surface area contributed by atoms with Crippen LogP contribution in [-0.4, -0.2) is 24.0 Å². The van der Waals surface area contributed by atoms with Gasteiger partial charge in [-0.3, -0.25) is 9.59 Å². The molecule has 0 aliphatic rings. The number of hydrogen-bond donors (Lipinski definition) is 1. The van der Waals surface area contributed by atoms with Gasteiger partial charge in [-0.1, -0.05) is 11.2 Å². The number of aryl methyl sites for hydroxylation is 2. The van der Waals surface area contributed by atoms with Crippen molar-refractivity contribution in [1.82, 2.24) is 5.16 Å². The molecule has 7 heteroatoms. The molecule has 1 aromatic carbocycles. The predicted octanol–water partition coefficient (Wildman–Crippen LogP) is 2.19. The van der Waals surface area contributed by atoms with E-state index in [9.17, 15) is 14.9 Å². The Kier molecular flexibility index (Phi) is 5.32. The van der Waals surface area contributed by atoms with E-state index in [1.807, 2.05) is 0 Å². The van der Waals surface area contributed by atoms with Gasteiger partial charge in [0.2, 0.25) is 5.91 Å². The lowest BCUT2D eigenvalue weighted by atomic mass is 9.97. The largest absolute Gasteiger partial charge is 0.497 e. The summed E-state index contributed by atoms with van der Waals surface area (Å²) in [5.74, 6) is -1.53. The van der Waals surface area contributed by atoms with Crippen molar-refractivity contribution < 1.29 is 18.8 Å². The van der Waals surface area contributed by atoms with E-state index in [0.717, 1.165) is 0 Å². The van der Waals surface area contributed by atoms with Crippen molar-refractivity contribution in [3.63, 3.8) is 0 Å². The highest BCUT2D eigenvalue weighted by molar-refractivity contribution is 6.10. The number of rotatable bonds is 6. The van der Waals surface area contributed by atoms with Crippen LogP contribution in [0.5, 0.6) is 5.75 Å². The normalized spacial score (nSPS) is 11.4. The molecule has 24 heavy (non-hydrogen) atoms. The van der Waals surface area contributed by atoms with Crippen molar-refractivity contribution in [3.05, 3.63) is 41.3 Å². The number of Topliss-reactive ketones (excluding diaryl/α,β-unsaturated/α-hetero) is 1. The molecule has 0 bridgehead atoms. The first-order valence-corrected chi connectivity index (χ1v) is 7.25. The molecule has 0 spiro atoms. The van der Waals surface area contributed by atoms with E-state index in [0.29, 0.717) is 28.5 Å². The van der Waals surface area contributed by atoms with Crippen LogP contribution in [0.15, 0.2) is 28.8 Å². The first kappa shape index (κ1) is 17.2. The van der Waals surface area contributed by atoms with Crippen LogP contribution in [0.3, 0.4) is 0 Å². The number of carbonyl (C=O) groups excluding carboxylic acids is 2. The Balaban J connectivity index is 2.11. The summed E-state index contributed by atoms with van der Waals surface area (Å²) in [7, 11) is 1.51. The van der Waals surface area contributed by atoms with Crippen LogP contribution >= 0.6 is 0 Å². The van der Waals surface area contributed by atoms with Gasteiger partial charge in [-0.25, -0.2) is 0 Å². The first-order valence-electron chi connectivity index (χ1n) is 7.25. The van der Waals surface area contributed by atoms with E-state index < -0.39 is 17.6 Å². The van der Waals surface area contributed by atoms with Crippen LogP contribution in [-0.2, 0) is 16.0 Å². The monoisotopic (exact) mass is 327 g/mol. The van der Waals surface area contributed by atoms with Crippen molar-refractivity contribution in [2.45, 2.75) is 20.3 Å². The maximum atomic E-state index is 12.3. The van der Waals surface area contributed by atoms with E-state index >= 15 is 0 Å². The topological polar surface area (TPSA) is 105 Å². The molecule has 2 rings (SSSR count). The quantitative estimate of drug-likeness (QED) is 0.815. The maximum Gasteiger partial charge on any atom is 0.249 e. The Hall–Kier alpha value is -3.14. The molecule has 1 heterocycles. The highest BCUT2D eigenvalue weighted by Crippen LogP contribution is 2.19. The zero-order valence-corrected chi connectivity index (χ0v) is 13.6. The second-order valence-electron chi connectivity index (χ2n) is 5.23. The predicted molar refractivity (Wildman–Crippen MR) is 85.4 cm³/mol. The SMILES string of the molecule is COc1cccc(NC(=O)C(C#N)C(=O)Cc2c(C)noc2C)c1. The number of benzene rings is 1. The molecule has 1 amide bonds. The fourth-order valence-electron chi connectivity index (χ4n) is 2.22. The van der Waals surface area contributed by atoms with Crippen LogP contribution in [0.1, 0.15) is 17.0 Å². The fourth-order valence-corrected chi connectivity index (χ4v) is 2.22. The summed E-state index contributed by atoms with van der Waals surface area (Å²) in [6, 6.07) is 8.42. The lowest BCUT2D eigenvalue weighted by molar-refractivity contribution is -0.128. The molecule has 1 unspecified atom stereocenters. The molecule has 1 atom stereocenters. The standard InChI is InChI=1S/C17H17N3O4/c1-10-14(11(2)24-20-10)8-16(21)15(9-18)17(22)19-12-5-4-6-13(7-12)23-3/h4-7,15H,8H2,1-3H3,(H,19,22). The van der Waals surface area contributed by atoms with Crippen molar-refractivity contribution >= 4 is 17.4 Å². The molecule has 0 saturated heterocycles. The van der Waals surface area contributed by atoms with E-state index in [1.54, 1.807) is 44.2 Å². The summed E-state index contributed by atoms with van der Waals surface area (Å²) in [6.07, 6.45) is -0.0784. The Bertz CT molecular complexity index is 785. The van der Waals surface area contributed by atoms with E-state index in [-0.39, 0.29) is 6.42 Å². The highest BCUT2D eigenvalue weighted by Gasteiger charge is 2.28. The van der Waals surface area contributed by atoms with Gasteiger partial charge in [-0.05, 0) is 26.0 Å². The lowest BCUT2D eigenvalue weighted by Gasteiger charge is -2.10. The molecule has 0 fully saturated rings. The van der Waals surface area contributed by atoms with E-state index in [2.05, 4.69) is 10.5 Å². The zero-order chi connectivity index (χ0) is 17.7. The average molecular weight is 327 g/mol. The third kappa shape index (κ3) is 3.79. The minimum absolute atomic E-state index is 0.0784. The second kappa shape index (κ2) is 7.42. The summed E-state index contributed by atoms with van der Waals surface area (Å²) in [4.78, 5) is 24.6. The van der Waals surface area contributed by atoms with Gasteiger partial charge in [0.1, 0.15) is 11.5 Å². The Labute approximate surface area is 139 Å². The molecule has 7 nitrogen and oxygen atoms in total. The third-order valence-electron chi connectivity index (χ3n) is 3.58. The van der Waals surface area contributed by atoms with E-state index in [1.165, 1.54) is 7.11 Å². The Morgan fingerprint density at radius 2 is 2.17 bits per heavy atom. The summed E-state index contributed by atoms with van der Waals surface area (Å²) in [5, 5.41) is 15.5. The van der Waals surface area contributed by atoms with Gasteiger partial charge in [0.25, 0.3) is 0 Å². The number of aromatic nitrogens is 1. The average Bonchev–Trinajstić information content (AvgIpc) is 2.87. The summed E-state index contributed by atoms with van der Waals surface area (Å²) < 4.78 is 10.1. The van der Waals surface area contributed by atoms with Crippen LogP contribution in [0.4, 0.5) is 5.69 Å². The molecule has 0 aliphatic heterocycles. The number of anilines is 1. The Morgan fingerprint density at radius 1 is 1.42 bits per heavy atom. The van der Waals surface area contributed by atoms with Gasteiger partial charge in [0.15, 0.2) is 11.7 Å². The van der Waals surface area contributed by atoms with Crippen molar-refractivity contribution in [2.24, 2.45) is 5.92 Å². The second-order valence-corrected chi connectivity index (χ2v) is 5.23. The third-order valence-corrected chi connectivity index (χ3v) is 3.58. The lowest BCUT2D eigenvalue weighted by Crippen LogP contribution is -2.29. The number of hydrogen-bond acceptors (Lipinski definition) is 6. The molecule has 0 saturated carbocycles. The number of ether oxygens (including phenoxy) is 1. The molecule has 0 aliphatic carbocycles. The highest BCUT2D eigenvalue weighted by atomic mass is 16.5. The number of nitriles is 1. The number of methoxy groups -OCH3 is 1. The maximum absolute atomic E-state index is 12.3. The molecule has 1 N–H and O–H groups in total. The number of carbonyl (C=O) groups is 2. The van der Waals surface area contributed by atoms with Gasteiger partial charge in [0, 0.05) is 23.7 Å². The van der Waals surface area contributed by atoms with Crippen LogP contribution in [0, 0.1) is 31.1 Å². The molecule has 124 valence electrons. The summed E-state index contributed by atoms with van der Waals surface area (Å²) in [6.45, 7) is 3.39. The van der Waals surface area contributed by atoms with Crippen molar-refractivity contribution in [2.75, 3.05) is 12.4 Å². The molecule has 1 aromatic heterocycles. The van der Waals surface area contributed by atoms with Crippen LogP contribution in [0.2, 0.25) is 0 Å². The Morgan fingerprint density at radius 3 is 2.75 bits per heavy atom. The van der Waals surface area contributed by atoms with Crippen molar-refractivity contribution in [1.29, 1.82) is 5.26 Å². The minimum Gasteiger partial charge on any atom is -0.497 e. The molecular formula is C17H17N3O4. The van der Waals surface area contributed by atoms with Gasteiger partial charge in [-0.2, -0.15) is 5.26 Å². The molecule has 2 aromatic rings. The molecule has 0 radical (unpaired) electrons. The van der Waals surface area contributed by atoms with Crippen LogP contribution in [0.25, 0.3) is 0 Å². The van der Waals surface area contributed by atoms with E-state index in [4.69, 9.17) is 9.26 Å². The number of nitrogens with one attached hydrogen (secondary N) is 1. The van der Waals surface area contributed by atoms with Gasteiger partial charge in [0.05, 0.1) is 18.9 Å².